The Morgan fingerprint density at radius 1 is 0.941 bits per heavy atom. The van der Waals surface area contributed by atoms with Crippen LogP contribution in [0.2, 0.25) is 0 Å². The van der Waals surface area contributed by atoms with Crippen molar-refractivity contribution in [3.8, 4) is 0 Å². The number of hydrogen-bond acceptors (Lipinski definition) is 4. The number of methoxy groups -OCH3 is 1. The molecule has 0 amide bonds. The van der Waals surface area contributed by atoms with Crippen LogP contribution in [-0.2, 0) is 11.3 Å². The van der Waals surface area contributed by atoms with Crippen LogP contribution in [0, 0.1) is 4.64 Å². The molecule has 0 bridgehead atoms. The standard InChI is InChI=1S/C28H22N2O3S/c1-33-27(31)21-10-6-7-18(15-21)16-30-17-24(26(34)29-28(30)32)25-22-11-4-2-8-19(22)13-14-20-9-3-5-12-23(20)25/h2-15,17,25H,16H2,1H3,(H,29,32,34). The highest BCUT2D eigenvalue weighted by atomic mass is 32.1. The summed E-state index contributed by atoms with van der Waals surface area (Å²) in [6.45, 7) is 0.289. The quantitative estimate of drug-likeness (QED) is 0.284. The van der Waals surface area contributed by atoms with Crippen LogP contribution >= 0.6 is 12.2 Å². The van der Waals surface area contributed by atoms with Crippen molar-refractivity contribution in [2.75, 3.05) is 7.11 Å². The van der Waals surface area contributed by atoms with E-state index < -0.39 is 5.97 Å². The molecule has 3 aromatic carbocycles. The van der Waals surface area contributed by atoms with E-state index in [4.69, 9.17) is 17.0 Å². The first kappa shape index (κ1) is 21.8. The van der Waals surface area contributed by atoms with E-state index in [9.17, 15) is 9.59 Å². The van der Waals surface area contributed by atoms with Gasteiger partial charge in [0.25, 0.3) is 0 Å². The third kappa shape index (κ3) is 4.04. The molecule has 1 N–H and O–H groups in total. The lowest BCUT2D eigenvalue weighted by atomic mass is 9.83. The molecular formula is C28H22N2O3S. The number of ether oxygens (including phenoxy) is 1. The smallest absolute Gasteiger partial charge is 0.337 e. The number of rotatable bonds is 4. The number of esters is 1. The minimum Gasteiger partial charge on any atom is -0.465 e. The Balaban J connectivity index is 1.65. The van der Waals surface area contributed by atoms with E-state index in [2.05, 4.69) is 41.4 Å². The number of benzene rings is 3. The van der Waals surface area contributed by atoms with Crippen LogP contribution in [0.3, 0.4) is 0 Å². The molecule has 1 heterocycles. The third-order valence-corrected chi connectivity index (χ3v) is 6.44. The molecule has 0 saturated heterocycles. The molecule has 168 valence electrons. The Bertz CT molecular complexity index is 1500. The van der Waals surface area contributed by atoms with Gasteiger partial charge in [0.1, 0.15) is 4.64 Å². The highest BCUT2D eigenvalue weighted by molar-refractivity contribution is 7.71. The molecule has 1 aromatic heterocycles. The number of aromatic amines is 1. The average molecular weight is 467 g/mol. The van der Waals surface area contributed by atoms with E-state index in [0.29, 0.717) is 10.2 Å². The number of carbonyl (C=O) groups is 1. The Morgan fingerprint density at radius 3 is 2.24 bits per heavy atom. The Labute approximate surface area is 202 Å². The number of nitrogens with one attached hydrogen (secondary N) is 1. The second-order valence-electron chi connectivity index (χ2n) is 8.19. The lowest BCUT2D eigenvalue weighted by Gasteiger charge is -2.22. The largest absolute Gasteiger partial charge is 0.465 e. The summed E-state index contributed by atoms with van der Waals surface area (Å²) in [4.78, 5) is 27.7. The van der Waals surface area contributed by atoms with E-state index in [-0.39, 0.29) is 18.2 Å². The zero-order chi connectivity index (χ0) is 23.7. The van der Waals surface area contributed by atoms with E-state index >= 15 is 0 Å². The van der Waals surface area contributed by atoms with Gasteiger partial charge in [0.15, 0.2) is 0 Å². The predicted molar refractivity (Wildman–Crippen MR) is 136 cm³/mol. The van der Waals surface area contributed by atoms with Gasteiger partial charge >= 0.3 is 11.7 Å². The molecule has 0 saturated carbocycles. The molecule has 0 aliphatic heterocycles. The molecule has 0 atom stereocenters. The zero-order valence-electron chi connectivity index (χ0n) is 18.5. The molecule has 34 heavy (non-hydrogen) atoms. The fraction of sp³-hybridized carbons (Fsp3) is 0.107. The van der Waals surface area contributed by atoms with Crippen LogP contribution in [-0.4, -0.2) is 22.6 Å². The monoisotopic (exact) mass is 466 g/mol. The molecule has 5 rings (SSSR count). The van der Waals surface area contributed by atoms with Crippen molar-refractivity contribution in [3.63, 3.8) is 0 Å². The lowest BCUT2D eigenvalue weighted by Crippen LogP contribution is -2.25. The van der Waals surface area contributed by atoms with Gasteiger partial charge in [-0.25, -0.2) is 9.59 Å². The van der Waals surface area contributed by atoms with Crippen LogP contribution < -0.4 is 5.69 Å². The molecule has 4 aromatic rings. The molecule has 1 aliphatic rings. The number of fused-ring (bicyclic) bond motifs is 2. The minimum atomic E-state index is -0.415. The number of aromatic nitrogens is 2. The molecule has 0 fully saturated rings. The highest BCUT2D eigenvalue weighted by Crippen LogP contribution is 2.39. The SMILES string of the molecule is COC(=O)c1cccc(Cn2cc(C3c4ccccc4C=Cc4ccccc43)c(=S)[nH]c2=O)c1. The second kappa shape index (κ2) is 9.08. The van der Waals surface area contributed by atoms with E-state index in [1.54, 1.807) is 22.8 Å². The summed E-state index contributed by atoms with van der Waals surface area (Å²) in [6.07, 6.45) is 6.08. The van der Waals surface area contributed by atoms with Crippen molar-refractivity contribution in [1.82, 2.24) is 9.55 Å². The van der Waals surface area contributed by atoms with Gasteiger partial charge in [0, 0.05) is 17.7 Å². The molecular weight excluding hydrogens is 444 g/mol. The summed E-state index contributed by atoms with van der Waals surface area (Å²) in [7, 11) is 1.35. The molecule has 5 nitrogen and oxygen atoms in total. The van der Waals surface area contributed by atoms with Gasteiger partial charge in [-0.15, -0.1) is 0 Å². The van der Waals surface area contributed by atoms with Crippen molar-refractivity contribution in [2.45, 2.75) is 12.5 Å². The van der Waals surface area contributed by atoms with Crippen LogP contribution in [0.15, 0.2) is 83.8 Å². The van der Waals surface area contributed by atoms with Crippen molar-refractivity contribution in [1.29, 1.82) is 0 Å². The first-order valence-electron chi connectivity index (χ1n) is 10.9. The Kier molecular flexibility index (Phi) is 5.82. The second-order valence-corrected chi connectivity index (χ2v) is 8.60. The van der Waals surface area contributed by atoms with E-state index in [0.717, 1.165) is 33.4 Å². The fourth-order valence-electron chi connectivity index (χ4n) is 4.49. The van der Waals surface area contributed by atoms with Crippen LogP contribution in [0.5, 0.6) is 0 Å². The normalized spacial score (nSPS) is 12.5. The minimum absolute atomic E-state index is 0.139. The number of nitrogens with zero attached hydrogens (tertiary/aromatic N) is 1. The van der Waals surface area contributed by atoms with Gasteiger partial charge in [-0.1, -0.05) is 85.0 Å². The van der Waals surface area contributed by atoms with Crippen LogP contribution in [0.25, 0.3) is 12.2 Å². The predicted octanol–water partition coefficient (Wildman–Crippen LogP) is 5.40. The van der Waals surface area contributed by atoms with Crippen molar-refractivity contribution in [2.24, 2.45) is 0 Å². The summed E-state index contributed by atoms with van der Waals surface area (Å²) >= 11 is 5.67. The summed E-state index contributed by atoms with van der Waals surface area (Å²) in [5.41, 5.74) is 6.28. The molecule has 6 heteroatoms. The number of H-pyrrole nitrogens is 1. The Morgan fingerprint density at radius 2 is 1.59 bits per heavy atom. The average Bonchev–Trinajstić information content (AvgIpc) is 3.02. The van der Waals surface area contributed by atoms with Gasteiger partial charge in [-0.05, 0) is 39.9 Å². The van der Waals surface area contributed by atoms with Gasteiger partial charge < -0.3 is 4.74 Å². The first-order valence-corrected chi connectivity index (χ1v) is 11.3. The maximum Gasteiger partial charge on any atom is 0.337 e. The third-order valence-electron chi connectivity index (χ3n) is 6.11. The Hall–Kier alpha value is -4.03. The maximum absolute atomic E-state index is 12.9. The van der Waals surface area contributed by atoms with Gasteiger partial charge in [-0.2, -0.15) is 0 Å². The van der Waals surface area contributed by atoms with Gasteiger partial charge in [0.2, 0.25) is 0 Å². The highest BCUT2D eigenvalue weighted by Gasteiger charge is 2.25. The number of hydrogen-bond donors (Lipinski definition) is 1. The summed E-state index contributed by atoms with van der Waals surface area (Å²) in [6, 6.07) is 23.6. The first-order chi connectivity index (χ1) is 16.5. The van der Waals surface area contributed by atoms with Crippen molar-refractivity contribution in [3.05, 3.63) is 133 Å². The van der Waals surface area contributed by atoms with Crippen molar-refractivity contribution < 1.29 is 9.53 Å². The van der Waals surface area contributed by atoms with Crippen LogP contribution in [0.4, 0.5) is 0 Å². The number of carbonyl (C=O) groups excluding carboxylic acids is 1. The van der Waals surface area contributed by atoms with E-state index in [1.165, 1.54) is 7.11 Å². The van der Waals surface area contributed by atoms with Gasteiger partial charge in [0.05, 0.1) is 19.2 Å². The molecule has 0 unspecified atom stereocenters. The summed E-state index contributed by atoms with van der Waals surface area (Å²) < 4.78 is 6.84. The summed E-state index contributed by atoms with van der Waals surface area (Å²) in [5.74, 6) is -0.555. The fourth-order valence-corrected chi connectivity index (χ4v) is 4.75. The maximum atomic E-state index is 12.9. The molecule has 0 radical (unpaired) electrons. The topological polar surface area (TPSA) is 64.1 Å². The zero-order valence-corrected chi connectivity index (χ0v) is 19.3. The summed E-state index contributed by atoms with van der Waals surface area (Å²) in [5, 5.41) is 0. The van der Waals surface area contributed by atoms with Crippen molar-refractivity contribution >= 4 is 30.3 Å². The van der Waals surface area contributed by atoms with Gasteiger partial charge in [-0.3, -0.25) is 9.55 Å². The molecule has 0 spiro atoms. The molecule has 1 aliphatic carbocycles. The lowest BCUT2D eigenvalue weighted by molar-refractivity contribution is 0.0600. The van der Waals surface area contributed by atoms with Crippen LogP contribution in [0.1, 0.15) is 49.7 Å². The van der Waals surface area contributed by atoms with E-state index in [1.807, 2.05) is 36.5 Å².